The molecule has 0 bridgehead atoms. The minimum Gasteiger partial charge on any atom is -0.366 e. The lowest BCUT2D eigenvalue weighted by Crippen LogP contribution is -2.01. The number of benzene rings is 1. The summed E-state index contributed by atoms with van der Waals surface area (Å²) < 4.78 is 0. The van der Waals surface area contributed by atoms with Gasteiger partial charge in [-0.1, -0.05) is 6.08 Å². The van der Waals surface area contributed by atoms with E-state index in [4.69, 9.17) is 0 Å². The number of nitro benzene ring substituents is 1. The molecule has 0 fully saturated rings. The molecule has 86 valence electrons. The number of hydrogen-bond donors (Lipinski definition) is 1. The van der Waals surface area contributed by atoms with Crippen molar-refractivity contribution in [3.63, 3.8) is 0 Å². The number of non-ortho nitro benzene ring substituents is 1. The predicted molar refractivity (Wildman–Crippen MR) is 64.9 cm³/mol. The van der Waals surface area contributed by atoms with E-state index in [-0.39, 0.29) is 5.69 Å². The second-order valence-corrected chi connectivity index (χ2v) is 3.35. The normalized spacial score (nSPS) is 10.1. The summed E-state index contributed by atoms with van der Waals surface area (Å²) in [7, 11) is 0. The lowest BCUT2D eigenvalue weighted by Gasteiger charge is -2.05. The molecule has 0 aliphatic carbocycles. The Balaban J connectivity index is 2.55. The van der Waals surface area contributed by atoms with Crippen molar-refractivity contribution in [2.45, 2.75) is 0 Å². The van der Waals surface area contributed by atoms with Gasteiger partial charge in [-0.15, -0.1) is 6.58 Å². The summed E-state index contributed by atoms with van der Waals surface area (Å²) in [5.74, 6) is 0.568. The van der Waals surface area contributed by atoms with E-state index in [0.29, 0.717) is 23.3 Å². The third kappa shape index (κ3) is 2.20. The molecule has 0 aliphatic rings. The fourth-order valence-corrected chi connectivity index (χ4v) is 1.47. The van der Waals surface area contributed by atoms with E-state index < -0.39 is 4.92 Å². The van der Waals surface area contributed by atoms with E-state index in [9.17, 15) is 10.1 Å². The van der Waals surface area contributed by atoms with Gasteiger partial charge in [0.2, 0.25) is 0 Å². The quantitative estimate of drug-likeness (QED) is 0.494. The monoisotopic (exact) mass is 230 g/mol. The van der Waals surface area contributed by atoms with Gasteiger partial charge in [0.05, 0.1) is 10.4 Å². The topological polar surface area (TPSA) is 81.0 Å². The first-order valence-corrected chi connectivity index (χ1v) is 4.96. The van der Waals surface area contributed by atoms with Gasteiger partial charge in [-0.05, 0) is 6.07 Å². The van der Waals surface area contributed by atoms with Crippen molar-refractivity contribution in [1.82, 2.24) is 9.97 Å². The van der Waals surface area contributed by atoms with Crippen LogP contribution in [0.1, 0.15) is 0 Å². The predicted octanol–water partition coefficient (Wildman–Crippen LogP) is 2.14. The fraction of sp³-hybridized carbons (Fsp3) is 0.0909. The Labute approximate surface area is 97.2 Å². The number of aromatic nitrogens is 2. The zero-order chi connectivity index (χ0) is 12.3. The molecule has 0 spiro atoms. The summed E-state index contributed by atoms with van der Waals surface area (Å²) in [4.78, 5) is 18.4. The molecule has 1 N–H and O–H groups in total. The molecule has 6 nitrogen and oxygen atoms in total. The summed E-state index contributed by atoms with van der Waals surface area (Å²) >= 11 is 0. The molecule has 0 unspecified atom stereocenters. The molecular weight excluding hydrogens is 220 g/mol. The minimum absolute atomic E-state index is 0.0222. The summed E-state index contributed by atoms with van der Waals surface area (Å²) in [6.45, 7) is 4.12. The van der Waals surface area contributed by atoms with Crippen LogP contribution in [0.3, 0.4) is 0 Å². The van der Waals surface area contributed by atoms with E-state index in [1.165, 1.54) is 18.5 Å². The molecule has 0 amide bonds. The molecule has 6 heteroatoms. The Bertz CT molecular complexity index is 583. The van der Waals surface area contributed by atoms with E-state index in [2.05, 4.69) is 21.9 Å². The van der Waals surface area contributed by atoms with Gasteiger partial charge in [0, 0.05) is 24.1 Å². The van der Waals surface area contributed by atoms with Crippen LogP contribution in [0.5, 0.6) is 0 Å². The third-order valence-corrected chi connectivity index (χ3v) is 2.24. The number of hydrogen-bond acceptors (Lipinski definition) is 5. The molecule has 17 heavy (non-hydrogen) atoms. The molecule has 0 aliphatic heterocycles. The highest BCUT2D eigenvalue weighted by atomic mass is 16.6. The van der Waals surface area contributed by atoms with Crippen LogP contribution in [0.2, 0.25) is 0 Å². The van der Waals surface area contributed by atoms with E-state index in [1.54, 1.807) is 12.1 Å². The Kier molecular flexibility index (Phi) is 2.95. The number of nitrogens with one attached hydrogen (secondary N) is 1. The highest BCUT2D eigenvalue weighted by Gasteiger charge is 2.09. The average Bonchev–Trinajstić information content (AvgIpc) is 2.35. The standard InChI is InChI=1S/C11H10N4O2/c1-2-5-12-11-9-6-8(15(16)17)3-4-10(9)13-7-14-11/h2-4,6-7H,1,5H2,(H,12,13,14). The van der Waals surface area contributed by atoms with Gasteiger partial charge in [-0.2, -0.15) is 0 Å². The molecule has 1 heterocycles. The van der Waals surface area contributed by atoms with Crippen molar-refractivity contribution < 1.29 is 4.92 Å². The maximum absolute atomic E-state index is 10.7. The van der Waals surface area contributed by atoms with Gasteiger partial charge in [-0.3, -0.25) is 10.1 Å². The molecule has 1 aromatic carbocycles. The van der Waals surface area contributed by atoms with Crippen molar-refractivity contribution in [2.75, 3.05) is 11.9 Å². The van der Waals surface area contributed by atoms with Crippen LogP contribution in [0.15, 0.2) is 37.2 Å². The summed E-state index contributed by atoms with van der Waals surface area (Å²) in [6, 6.07) is 4.49. The van der Waals surface area contributed by atoms with Gasteiger partial charge in [0.1, 0.15) is 12.1 Å². The van der Waals surface area contributed by atoms with Crippen molar-refractivity contribution in [1.29, 1.82) is 0 Å². The Morgan fingerprint density at radius 3 is 3.00 bits per heavy atom. The zero-order valence-corrected chi connectivity index (χ0v) is 8.96. The van der Waals surface area contributed by atoms with E-state index >= 15 is 0 Å². The first-order valence-electron chi connectivity index (χ1n) is 4.96. The molecule has 0 atom stereocenters. The number of rotatable bonds is 4. The van der Waals surface area contributed by atoms with Crippen LogP contribution < -0.4 is 5.32 Å². The Morgan fingerprint density at radius 2 is 2.29 bits per heavy atom. The van der Waals surface area contributed by atoms with Crippen LogP contribution in [-0.4, -0.2) is 21.4 Å². The summed E-state index contributed by atoms with van der Waals surface area (Å²) in [6.07, 6.45) is 3.10. The number of anilines is 1. The Morgan fingerprint density at radius 1 is 1.47 bits per heavy atom. The van der Waals surface area contributed by atoms with Gasteiger partial charge < -0.3 is 5.32 Å². The maximum atomic E-state index is 10.7. The van der Waals surface area contributed by atoms with Gasteiger partial charge in [0.25, 0.3) is 5.69 Å². The lowest BCUT2D eigenvalue weighted by molar-refractivity contribution is -0.384. The van der Waals surface area contributed by atoms with Gasteiger partial charge in [-0.25, -0.2) is 9.97 Å². The maximum Gasteiger partial charge on any atom is 0.270 e. The van der Waals surface area contributed by atoms with Crippen molar-refractivity contribution in [2.24, 2.45) is 0 Å². The lowest BCUT2D eigenvalue weighted by atomic mass is 10.2. The van der Waals surface area contributed by atoms with E-state index in [0.717, 1.165) is 0 Å². The van der Waals surface area contributed by atoms with Crippen LogP contribution in [-0.2, 0) is 0 Å². The molecule has 1 aromatic heterocycles. The summed E-state index contributed by atoms with van der Waals surface area (Å²) in [5.41, 5.74) is 0.686. The second kappa shape index (κ2) is 4.56. The van der Waals surface area contributed by atoms with Gasteiger partial charge >= 0.3 is 0 Å². The summed E-state index contributed by atoms with van der Waals surface area (Å²) in [5, 5.41) is 14.3. The first kappa shape index (κ1) is 11.0. The smallest absolute Gasteiger partial charge is 0.270 e. The highest BCUT2D eigenvalue weighted by molar-refractivity contribution is 5.90. The Hall–Kier alpha value is -2.50. The number of nitrogens with zero attached hydrogens (tertiary/aromatic N) is 3. The molecule has 0 saturated heterocycles. The average molecular weight is 230 g/mol. The fourth-order valence-electron chi connectivity index (χ4n) is 1.47. The number of fused-ring (bicyclic) bond motifs is 1. The van der Waals surface area contributed by atoms with E-state index in [1.807, 2.05) is 0 Å². The molecule has 0 saturated carbocycles. The largest absolute Gasteiger partial charge is 0.366 e. The van der Waals surface area contributed by atoms with Crippen LogP contribution in [0, 0.1) is 10.1 Å². The minimum atomic E-state index is -0.441. The SMILES string of the molecule is C=CCNc1ncnc2ccc([N+](=O)[O-])cc12. The zero-order valence-electron chi connectivity index (χ0n) is 8.96. The third-order valence-electron chi connectivity index (χ3n) is 2.24. The van der Waals surface area contributed by atoms with Crippen molar-refractivity contribution in [3.8, 4) is 0 Å². The second-order valence-electron chi connectivity index (χ2n) is 3.35. The molecule has 0 radical (unpaired) electrons. The molecule has 2 aromatic rings. The highest BCUT2D eigenvalue weighted by Crippen LogP contribution is 2.23. The number of nitro groups is 1. The van der Waals surface area contributed by atoms with Crippen LogP contribution >= 0.6 is 0 Å². The van der Waals surface area contributed by atoms with Crippen molar-refractivity contribution >= 4 is 22.4 Å². The van der Waals surface area contributed by atoms with Crippen molar-refractivity contribution in [3.05, 3.63) is 47.3 Å². The van der Waals surface area contributed by atoms with Gasteiger partial charge in [0.15, 0.2) is 0 Å². The molecule has 2 rings (SSSR count). The molecular formula is C11H10N4O2. The first-order chi connectivity index (χ1) is 8.22. The van der Waals surface area contributed by atoms with Crippen LogP contribution in [0.25, 0.3) is 10.9 Å². The van der Waals surface area contributed by atoms with Crippen LogP contribution in [0.4, 0.5) is 11.5 Å².